The molecule has 3 nitrogen and oxygen atoms in total. The average molecular weight is 241 g/mol. The largest absolute Gasteiger partial charge is 0.493 e. The Bertz CT molecular complexity index is 372. The van der Waals surface area contributed by atoms with Crippen LogP contribution >= 0.6 is 11.8 Å². The predicted molar refractivity (Wildman–Crippen MR) is 68.5 cm³/mol. The van der Waals surface area contributed by atoms with Crippen molar-refractivity contribution in [2.75, 3.05) is 20.5 Å². The average Bonchev–Trinajstić information content (AvgIpc) is 2.25. The number of nitrogens with two attached hydrogens (primary N) is 1. The molecule has 90 valence electrons. The highest BCUT2D eigenvalue weighted by atomic mass is 32.2. The molecule has 0 heterocycles. The van der Waals surface area contributed by atoms with Crippen molar-refractivity contribution in [1.82, 2.24) is 0 Å². The Hall–Kier alpha value is -0.870. The molecular weight excluding hydrogens is 222 g/mol. The van der Waals surface area contributed by atoms with Crippen LogP contribution in [0.4, 0.5) is 0 Å². The Morgan fingerprint density at radius 1 is 1.12 bits per heavy atom. The first-order valence-corrected chi connectivity index (χ1v) is 6.26. The van der Waals surface area contributed by atoms with E-state index in [0.29, 0.717) is 5.75 Å². The summed E-state index contributed by atoms with van der Waals surface area (Å²) in [4.78, 5) is 1.12. The molecule has 0 saturated carbocycles. The quantitative estimate of drug-likeness (QED) is 0.823. The standard InChI is InChI=1S/C12H19NO2S/c1-12(2,13)8-6-9(14-3)10(15-4)7-11(8)16-5/h6-7H,13H2,1-5H3. The molecule has 0 atom stereocenters. The minimum Gasteiger partial charge on any atom is -0.493 e. The highest BCUT2D eigenvalue weighted by Gasteiger charge is 2.21. The SMILES string of the molecule is COc1cc(SC)c(C(C)(C)N)cc1OC. The van der Waals surface area contributed by atoms with Crippen LogP contribution in [0.3, 0.4) is 0 Å². The van der Waals surface area contributed by atoms with Crippen molar-refractivity contribution in [2.24, 2.45) is 5.73 Å². The summed E-state index contributed by atoms with van der Waals surface area (Å²) in [6, 6.07) is 3.91. The van der Waals surface area contributed by atoms with E-state index < -0.39 is 5.54 Å². The van der Waals surface area contributed by atoms with E-state index >= 15 is 0 Å². The van der Waals surface area contributed by atoms with E-state index in [0.717, 1.165) is 16.2 Å². The molecule has 1 aromatic rings. The lowest BCUT2D eigenvalue weighted by molar-refractivity contribution is 0.352. The fourth-order valence-corrected chi connectivity index (χ4v) is 2.30. The fourth-order valence-electron chi connectivity index (χ4n) is 1.53. The number of benzene rings is 1. The minimum absolute atomic E-state index is 0.391. The normalized spacial score (nSPS) is 11.4. The second-order valence-corrected chi connectivity index (χ2v) is 4.98. The number of hydrogen-bond acceptors (Lipinski definition) is 4. The first kappa shape index (κ1) is 13.2. The molecule has 0 aliphatic rings. The molecular formula is C12H19NO2S. The van der Waals surface area contributed by atoms with E-state index in [1.807, 2.05) is 32.2 Å². The van der Waals surface area contributed by atoms with Crippen molar-refractivity contribution >= 4 is 11.8 Å². The zero-order valence-corrected chi connectivity index (χ0v) is 11.3. The molecule has 0 amide bonds. The lowest BCUT2D eigenvalue weighted by Crippen LogP contribution is -2.29. The predicted octanol–water partition coefficient (Wildman–Crippen LogP) is 2.62. The van der Waals surface area contributed by atoms with E-state index in [2.05, 4.69) is 0 Å². The summed E-state index contributed by atoms with van der Waals surface area (Å²) in [5.74, 6) is 1.45. The molecule has 4 heteroatoms. The number of rotatable bonds is 4. The summed E-state index contributed by atoms with van der Waals surface area (Å²) in [6.07, 6.45) is 2.02. The van der Waals surface area contributed by atoms with Crippen molar-refractivity contribution in [1.29, 1.82) is 0 Å². The van der Waals surface area contributed by atoms with E-state index in [4.69, 9.17) is 15.2 Å². The van der Waals surface area contributed by atoms with Gasteiger partial charge in [-0.05, 0) is 37.8 Å². The van der Waals surface area contributed by atoms with Crippen LogP contribution in [-0.2, 0) is 5.54 Å². The molecule has 2 N–H and O–H groups in total. The molecule has 0 bridgehead atoms. The Morgan fingerprint density at radius 3 is 2.00 bits per heavy atom. The molecule has 0 radical (unpaired) electrons. The number of methoxy groups -OCH3 is 2. The van der Waals surface area contributed by atoms with Crippen molar-refractivity contribution in [3.05, 3.63) is 17.7 Å². The van der Waals surface area contributed by atoms with Crippen LogP contribution < -0.4 is 15.2 Å². The molecule has 0 unspecified atom stereocenters. The second-order valence-electron chi connectivity index (χ2n) is 4.13. The first-order chi connectivity index (χ1) is 7.43. The van der Waals surface area contributed by atoms with Gasteiger partial charge in [0.05, 0.1) is 14.2 Å². The molecule has 1 rings (SSSR count). The van der Waals surface area contributed by atoms with Gasteiger partial charge in [-0.3, -0.25) is 0 Å². The monoisotopic (exact) mass is 241 g/mol. The Labute approximate surface area is 101 Å². The van der Waals surface area contributed by atoms with Gasteiger partial charge in [0, 0.05) is 10.4 Å². The van der Waals surface area contributed by atoms with Gasteiger partial charge in [-0.2, -0.15) is 0 Å². The maximum Gasteiger partial charge on any atom is 0.161 e. The fraction of sp³-hybridized carbons (Fsp3) is 0.500. The zero-order chi connectivity index (χ0) is 12.3. The van der Waals surface area contributed by atoms with Gasteiger partial charge in [0.1, 0.15) is 0 Å². The molecule has 16 heavy (non-hydrogen) atoms. The first-order valence-electron chi connectivity index (χ1n) is 5.03. The van der Waals surface area contributed by atoms with Gasteiger partial charge in [0.2, 0.25) is 0 Å². The van der Waals surface area contributed by atoms with Crippen LogP contribution in [-0.4, -0.2) is 20.5 Å². The third-order valence-electron chi connectivity index (χ3n) is 2.40. The maximum atomic E-state index is 6.14. The molecule has 0 aliphatic heterocycles. The summed E-state index contributed by atoms with van der Waals surface area (Å²) in [7, 11) is 3.26. The Morgan fingerprint density at radius 2 is 1.62 bits per heavy atom. The lowest BCUT2D eigenvalue weighted by atomic mass is 9.95. The topological polar surface area (TPSA) is 44.5 Å². The van der Waals surface area contributed by atoms with Gasteiger partial charge in [-0.15, -0.1) is 11.8 Å². The lowest BCUT2D eigenvalue weighted by Gasteiger charge is -2.23. The second kappa shape index (κ2) is 4.97. The highest BCUT2D eigenvalue weighted by molar-refractivity contribution is 7.98. The number of hydrogen-bond donors (Lipinski definition) is 1. The molecule has 0 aliphatic carbocycles. The number of thioether (sulfide) groups is 1. The van der Waals surface area contributed by atoms with E-state index in [9.17, 15) is 0 Å². The van der Waals surface area contributed by atoms with Gasteiger partial charge in [0.25, 0.3) is 0 Å². The van der Waals surface area contributed by atoms with E-state index in [1.165, 1.54) is 0 Å². The summed E-state index contributed by atoms with van der Waals surface area (Å²) in [5, 5.41) is 0. The smallest absolute Gasteiger partial charge is 0.161 e. The minimum atomic E-state index is -0.391. The summed E-state index contributed by atoms with van der Waals surface area (Å²) in [5.41, 5.74) is 6.81. The molecule has 0 aromatic heterocycles. The third-order valence-corrected chi connectivity index (χ3v) is 3.18. The maximum absolute atomic E-state index is 6.14. The van der Waals surface area contributed by atoms with Gasteiger partial charge >= 0.3 is 0 Å². The van der Waals surface area contributed by atoms with E-state index in [1.54, 1.807) is 26.0 Å². The van der Waals surface area contributed by atoms with Crippen LogP contribution in [0.1, 0.15) is 19.4 Å². The molecule has 0 saturated heterocycles. The van der Waals surface area contributed by atoms with Crippen molar-refractivity contribution in [2.45, 2.75) is 24.3 Å². The van der Waals surface area contributed by atoms with Crippen LogP contribution in [0.15, 0.2) is 17.0 Å². The third kappa shape index (κ3) is 2.62. The van der Waals surface area contributed by atoms with Crippen LogP contribution in [0, 0.1) is 0 Å². The molecule has 0 fully saturated rings. The zero-order valence-electron chi connectivity index (χ0n) is 10.5. The van der Waals surface area contributed by atoms with Gasteiger partial charge in [-0.1, -0.05) is 0 Å². The summed E-state index contributed by atoms with van der Waals surface area (Å²) < 4.78 is 10.5. The number of ether oxygens (including phenoxy) is 2. The Balaban J connectivity index is 3.38. The van der Waals surface area contributed by atoms with E-state index in [-0.39, 0.29) is 0 Å². The summed E-state index contributed by atoms with van der Waals surface area (Å²) >= 11 is 1.66. The highest BCUT2D eigenvalue weighted by Crippen LogP contribution is 2.38. The molecule has 0 spiro atoms. The van der Waals surface area contributed by atoms with Gasteiger partial charge in [-0.25, -0.2) is 0 Å². The van der Waals surface area contributed by atoms with Gasteiger partial charge in [0.15, 0.2) is 11.5 Å². The van der Waals surface area contributed by atoms with Crippen molar-refractivity contribution < 1.29 is 9.47 Å². The van der Waals surface area contributed by atoms with Crippen LogP contribution in [0.5, 0.6) is 11.5 Å². The van der Waals surface area contributed by atoms with Crippen molar-refractivity contribution in [3.63, 3.8) is 0 Å². The molecule has 1 aromatic carbocycles. The Kier molecular flexibility index (Phi) is 4.10. The summed E-state index contributed by atoms with van der Waals surface area (Å²) in [6.45, 7) is 3.96. The van der Waals surface area contributed by atoms with Crippen LogP contribution in [0.25, 0.3) is 0 Å². The van der Waals surface area contributed by atoms with Crippen molar-refractivity contribution in [3.8, 4) is 11.5 Å². The van der Waals surface area contributed by atoms with Gasteiger partial charge < -0.3 is 15.2 Å². The van der Waals surface area contributed by atoms with Crippen LogP contribution in [0.2, 0.25) is 0 Å².